The second-order valence-electron chi connectivity index (χ2n) is 6.08. The third kappa shape index (κ3) is 6.74. The van der Waals surface area contributed by atoms with E-state index < -0.39 is 11.7 Å². The van der Waals surface area contributed by atoms with Crippen molar-refractivity contribution in [3.8, 4) is 0 Å². The number of halogens is 3. The number of hydrogen-bond donors (Lipinski definition) is 2. The topological polar surface area (TPSA) is 52.6 Å². The number of nitrogens with zero attached hydrogens (tertiary/aromatic N) is 3. The van der Waals surface area contributed by atoms with Crippen LogP contribution in [0.5, 0.6) is 0 Å². The molecule has 0 fully saturated rings. The maximum atomic E-state index is 12.6. The van der Waals surface area contributed by atoms with Gasteiger partial charge in [-0.3, -0.25) is 0 Å². The molecule has 27 heavy (non-hydrogen) atoms. The number of hydrogen-bond acceptors (Lipinski definition) is 4. The molecular formula is C18H24F3N5S. The van der Waals surface area contributed by atoms with E-state index in [0.29, 0.717) is 32.0 Å². The molecule has 1 aromatic carbocycles. The van der Waals surface area contributed by atoms with Crippen molar-refractivity contribution in [2.24, 2.45) is 4.99 Å². The molecule has 2 N–H and O–H groups in total. The molecule has 1 aromatic heterocycles. The molecule has 0 radical (unpaired) electrons. The molecule has 2 rings (SSSR count). The van der Waals surface area contributed by atoms with Crippen LogP contribution in [0.15, 0.2) is 34.6 Å². The summed E-state index contributed by atoms with van der Waals surface area (Å²) >= 11 is 1.57. The molecule has 0 spiro atoms. The summed E-state index contributed by atoms with van der Waals surface area (Å²) in [5, 5.41) is 9.26. The summed E-state index contributed by atoms with van der Waals surface area (Å²) in [5.74, 6) is 0.656. The molecule has 0 saturated heterocycles. The van der Waals surface area contributed by atoms with Crippen molar-refractivity contribution in [3.63, 3.8) is 0 Å². The third-order valence-corrected chi connectivity index (χ3v) is 4.71. The molecule has 0 aliphatic carbocycles. The molecule has 0 aliphatic rings. The van der Waals surface area contributed by atoms with Gasteiger partial charge in [-0.05, 0) is 31.0 Å². The minimum atomic E-state index is -4.30. The number of anilines is 1. The van der Waals surface area contributed by atoms with Gasteiger partial charge >= 0.3 is 6.18 Å². The maximum absolute atomic E-state index is 12.6. The Morgan fingerprint density at radius 1 is 1.19 bits per heavy atom. The van der Waals surface area contributed by atoms with Crippen LogP contribution in [0.4, 0.5) is 18.3 Å². The number of aromatic nitrogens is 1. The molecule has 1 heterocycles. The van der Waals surface area contributed by atoms with Crippen LogP contribution in [0.25, 0.3) is 0 Å². The first-order chi connectivity index (χ1) is 12.8. The van der Waals surface area contributed by atoms with E-state index in [-0.39, 0.29) is 0 Å². The lowest BCUT2D eigenvalue weighted by atomic mass is 10.1. The summed E-state index contributed by atoms with van der Waals surface area (Å²) in [4.78, 5) is 10.9. The average Bonchev–Trinajstić information content (AvgIpc) is 3.09. The zero-order valence-corrected chi connectivity index (χ0v) is 16.4. The van der Waals surface area contributed by atoms with Crippen LogP contribution in [-0.4, -0.2) is 38.1 Å². The molecule has 9 heteroatoms. The Balaban J connectivity index is 1.88. The number of aliphatic imine (C=N–C) groups is 1. The van der Waals surface area contributed by atoms with Crippen LogP contribution in [0.2, 0.25) is 0 Å². The molecule has 0 bridgehead atoms. The first-order valence-corrected chi connectivity index (χ1v) is 9.47. The fourth-order valence-electron chi connectivity index (χ4n) is 2.26. The van der Waals surface area contributed by atoms with Crippen LogP contribution in [-0.2, 0) is 19.1 Å². The van der Waals surface area contributed by atoms with E-state index in [9.17, 15) is 13.2 Å². The number of alkyl halides is 3. The minimum Gasteiger partial charge on any atom is -0.357 e. The van der Waals surface area contributed by atoms with Crippen molar-refractivity contribution in [2.45, 2.75) is 26.1 Å². The van der Waals surface area contributed by atoms with Gasteiger partial charge in [0.05, 0.1) is 17.8 Å². The first-order valence-electron chi connectivity index (χ1n) is 8.59. The first kappa shape index (κ1) is 21.0. The fourth-order valence-corrected chi connectivity index (χ4v) is 3.01. The largest absolute Gasteiger partial charge is 0.416 e. The number of rotatable bonds is 7. The summed E-state index contributed by atoms with van der Waals surface area (Å²) in [7, 11) is 3.89. The number of thiazole rings is 1. The Morgan fingerprint density at radius 2 is 1.89 bits per heavy atom. The third-order valence-electron chi connectivity index (χ3n) is 3.65. The lowest BCUT2D eigenvalue weighted by molar-refractivity contribution is -0.137. The SMILES string of the molecule is CCNC(=NCc1csc(N(C)C)n1)NCCc1ccc(C(F)(F)F)cc1. The Labute approximate surface area is 161 Å². The second-order valence-corrected chi connectivity index (χ2v) is 6.92. The van der Waals surface area contributed by atoms with E-state index in [4.69, 9.17) is 0 Å². The zero-order chi connectivity index (χ0) is 19.9. The predicted octanol–water partition coefficient (Wildman–Crippen LogP) is 3.53. The summed E-state index contributed by atoms with van der Waals surface area (Å²) in [6, 6.07) is 5.23. The summed E-state index contributed by atoms with van der Waals surface area (Å²) in [5.41, 5.74) is 1.10. The van der Waals surface area contributed by atoms with Gasteiger partial charge in [-0.2, -0.15) is 13.2 Å². The van der Waals surface area contributed by atoms with Crippen LogP contribution >= 0.6 is 11.3 Å². The van der Waals surface area contributed by atoms with Crippen molar-refractivity contribution < 1.29 is 13.2 Å². The van der Waals surface area contributed by atoms with Gasteiger partial charge in [0.15, 0.2) is 11.1 Å². The number of benzene rings is 1. The molecule has 0 atom stereocenters. The molecule has 0 amide bonds. The van der Waals surface area contributed by atoms with Gasteiger partial charge in [-0.15, -0.1) is 11.3 Å². The quantitative estimate of drug-likeness (QED) is 0.553. The molecule has 2 aromatic rings. The van der Waals surface area contributed by atoms with E-state index in [2.05, 4.69) is 20.6 Å². The van der Waals surface area contributed by atoms with E-state index >= 15 is 0 Å². The Morgan fingerprint density at radius 3 is 2.44 bits per heavy atom. The second kappa shape index (κ2) is 9.59. The van der Waals surface area contributed by atoms with Crippen molar-refractivity contribution >= 4 is 22.4 Å². The molecule has 5 nitrogen and oxygen atoms in total. The summed E-state index contributed by atoms with van der Waals surface area (Å²) < 4.78 is 37.8. The van der Waals surface area contributed by atoms with Crippen molar-refractivity contribution in [1.82, 2.24) is 15.6 Å². The predicted molar refractivity (Wildman–Crippen MR) is 104 cm³/mol. The van der Waals surface area contributed by atoms with Crippen LogP contribution in [0.1, 0.15) is 23.7 Å². The van der Waals surface area contributed by atoms with Gasteiger partial charge in [0, 0.05) is 32.6 Å². The normalized spacial score (nSPS) is 12.1. The van der Waals surface area contributed by atoms with E-state index in [1.54, 1.807) is 11.3 Å². The Kier molecular flexibility index (Phi) is 7.46. The van der Waals surface area contributed by atoms with E-state index in [0.717, 1.165) is 28.5 Å². The van der Waals surface area contributed by atoms with E-state index in [1.165, 1.54) is 12.1 Å². The fraction of sp³-hybridized carbons (Fsp3) is 0.444. The van der Waals surface area contributed by atoms with Crippen LogP contribution in [0, 0.1) is 0 Å². The smallest absolute Gasteiger partial charge is 0.357 e. The average molecular weight is 399 g/mol. The van der Waals surface area contributed by atoms with Gasteiger partial charge in [-0.25, -0.2) is 9.98 Å². The minimum absolute atomic E-state index is 0.458. The van der Waals surface area contributed by atoms with E-state index in [1.807, 2.05) is 31.3 Å². The standard InChI is InChI=1S/C18H24F3N5S/c1-4-22-16(24-11-15-12-27-17(25-15)26(2)3)23-10-9-13-5-7-14(8-6-13)18(19,20)21/h5-8,12H,4,9-11H2,1-3H3,(H2,22,23,24). The van der Waals surface area contributed by atoms with Gasteiger partial charge < -0.3 is 15.5 Å². The molecule has 148 valence electrons. The zero-order valence-electron chi connectivity index (χ0n) is 15.6. The number of guanidine groups is 1. The van der Waals surface area contributed by atoms with Gasteiger partial charge in [0.2, 0.25) is 0 Å². The van der Waals surface area contributed by atoms with Gasteiger partial charge in [0.1, 0.15) is 0 Å². The highest BCUT2D eigenvalue weighted by molar-refractivity contribution is 7.13. The Bertz CT molecular complexity index is 738. The summed E-state index contributed by atoms with van der Waals surface area (Å²) in [6.45, 7) is 3.71. The number of nitrogens with one attached hydrogen (secondary N) is 2. The van der Waals surface area contributed by atoms with Gasteiger partial charge in [-0.1, -0.05) is 12.1 Å². The Hall–Kier alpha value is -2.29. The molecule has 0 saturated carbocycles. The van der Waals surface area contributed by atoms with Crippen LogP contribution in [0.3, 0.4) is 0 Å². The molecular weight excluding hydrogens is 375 g/mol. The van der Waals surface area contributed by atoms with Gasteiger partial charge in [0.25, 0.3) is 0 Å². The van der Waals surface area contributed by atoms with Crippen molar-refractivity contribution in [3.05, 3.63) is 46.5 Å². The highest BCUT2D eigenvalue weighted by Gasteiger charge is 2.29. The van der Waals surface area contributed by atoms with Crippen molar-refractivity contribution in [2.75, 3.05) is 32.1 Å². The van der Waals surface area contributed by atoms with Crippen LogP contribution < -0.4 is 15.5 Å². The summed E-state index contributed by atoms with van der Waals surface area (Å²) in [6.07, 6.45) is -3.70. The lowest BCUT2D eigenvalue weighted by Crippen LogP contribution is -2.38. The monoisotopic (exact) mass is 399 g/mol. The highest BCUT2D eigenvalue weighted by Crippen LogP contribution is 2.29. The molecule has 0 unspecified atom stereocenters. The highest BCUT2D eigenvalue weighted by atomic mass is 32.1. The molecule has 0 aliphatic heterocycles. The maximum Gasteiger partial charge on any atom is 0.416 e. The lowest BCUT2D eigenvalue weighted by Gasteiger charge is -2.12. The van der Waals surface area contributed by atoms with Crippen molar-refractivity contribution in [1.29, 1.82) is 0 Å².